The van der Waals surface area contributed by atoms with Crippen molar-refractivity contribution >= 4 is 16.8 Å². The highest BCUT2D eigenvalue weighted by atomic mass is 16.5. The van der Waals surface area contributed by atoms with Crippen molar-refractivity contribution in [2.75, 3.05) is 53.0 Å². The summed E-state index contributed by atoms with van der Waals surface area (Å²) in [6.07, 6.45) is 1.85. The molecule has 0 bridgehead atoms. The molecule has 2 aromatic rings. The average Bonchev–Trinajstić information content (AvgIpc) is 2.64. The van der Waals surface area contributed by atoms with Crippen molar-refractivity contribution in [3.05, 3.63) is 42.1 Å². The Kier molecular flexibility index (Phi) is 6.33. The molecule has 1 N–H and O–H groups in total. The number of benzene rings is 1. The van der Waals surface area contributed by atoms with Crippen LogP contribution in [0, 0.1) is 0 Å². The molecular formula is C19H26N4O2. The van der Waals surface area contributed by atoms with Crippen LogP contribution in [0.3, 0.4) is 0 Å². The Balaban J connectivity index is 1.48. The summed E-state index contributed by atoms with van der Waals surface area (Å²) in [6, 6.07) is 10.4. The lowest BCUT2D eigenvalue weighted by Gasteiger charge is -2.34. The van der Waals surface area contributed by atoms with Crippen LogP contribution in [0.4, 0.5) is 0 Å². The third-order valence-electron chi connectivity index (χ3n) is 4.57. The Morgan fingerprint density at radius 2 is 1.92 bits per heavy atom. The van der Waals surface area contributed by atoms with Crippen molar-refractivity contribution in [2.24, 2.45) is 0 Å². The predicted molar refractivity (Wildman–Crippen MR) is 98.3 cm³/mol. The number of nitrogens with zero attached hydrogens (tertiary/aromatic N) is 3. The summed E-state index contributed by atoms with van der Waals surface area (Å²) in [5, 5.41) is 4.06. The van der Waals surface area contributed by atoms with Crippen LogP contribution in [-0.4, -0.2) is 73.7 Å². The van der Waals surface area contributed by atoms with Gasteiger partial charge in [0.2, 0.25) is 5.91 Å². The Morgan fingerprint density at radius 3 is 2.72 bits per heavy atom. The van der Waals surface area contributed by atoms with Gasteiger partial charge in [0.15, 0.2) is 0 Å². The molecule has 3 rings (SSSR count). The van der Waals surface area contributed by atoms with Crippen molar-refractivity contribution in [1.29, 1.82) is 0 Å². The first-order chi connectivity index (χ1) is 12.3. The quantitative estimate of drug-likeness (QED) is 0.764. The maximum Gasteiger partial charge on any atom is 0.234 e. The van der Waals surface area contributed by atoms with E-state index < -0.39 is 0 Å². The van der Waals surface area contributed by atoms with Crippen LogP contribution in [0.2, 0.25) is 0 Å². The van der Waals surface area contributed by atoms with E-state index in [1.54, 1.807) is 7.11 Å². The normalized spacial score (nSPS) is 16.2. The first-order valence-electron chi connectivity index (χ1n) is 8.79. The number of fused-ring (bicyclic) bond motifs is 1. The minimum Gasteiger partial charge on any atom is -0.383 e. The number of carbonyl (C=O) groups is 1. The standard InChI is InChI=1S/C19H26N4O2/c1-25-13-8-20-18(24)15-23-11-9-22(10-12-23)14-17-5-2-4-16-6-3-7-21-19(16)17/h2-7H,8-15H2,1H3,(H,20,24). The van der Waals surface area contributed by atoms with Gasteiger partial charge < -0.3 is 10.1 Å². The Hall–Kier alpha value is -2.02. The molecule has 0 saturated carbocycles. The van der Waals surface area contributed by atoms with E-state index in [4.69, 9.17) is 4.74 Å². The van der Waals surface area contributed by atoms with Crippen LogP contribution < -0.4 is 5.32 Å². The molecule has 0 aliphatic carbocycles. The molecule has 1 aromatic heterocycles. The Bertz CT molecular complexity index is 693. The lowest BCUT2D eigenvalue weighted by molar-refractivity contribution is -0.122. The number of carbonyl (C=O) groups excluding carboxylic acids is 1. The number of methoxy groups -OCH3 is 1. The van der Waals surface area contributed by atoms with Gasteiger partial charge >= 0.3 is 0 Å². The molecule has 1 fully saturated rings. The molecule has 1 saturated heterocycles. The fraction of sp³-hybridized carbons (Fsp3) is 0.474. The summed E-state index contributed by atoms with van der Waals surface area (Å²) >= 11 is 0. The van der Waals surface area contributed by atoms with Crippen molar-refractivity contribution in [3.8, 4) is 0 Å². The van der Waals surface area contributed by atoms with Crippen LogP contribution >= 0.6 is 0 Å². The zero-order valence-electron chi connectivity index (χ0n) is 14.8. The summed E-state index contributed by atoms with van der Waals surface area (Å²) in [7, 11) is 1.64. The van der Waals surface area contributed by atoms with Crippen molar-refractivity contribution < 1.29 is 9.53 Å². The fourth-order valence-corrected chi connectivity index (χ4v) is 3.19. The molecule has 1 aliphatic heterocycles. The summed E-state index contributed by atoms with van der Waals surface area (Å²) < 4.78 is 4.94. The minimum absolute atomic E-state index is 0.0729. The first-order valence-corrected chi connectivity index (χ1v) is 8.79. The number of rotatable bonds is 7. The molecule has 2 heterocycles. The van der Waals surface area contributed by atoms with E-state index >= 15 is 0 Å². The molecule has 1 aromatic carbocycles. The highest BCUT2D eigenvalue weighted by Crippen LogP contribution is 2.18. The first kappa shape index (κ1) is 17.8. The molecule has 6 nitrogen and oxygen atoms in total. The molecule has 0 spiro atoms. The summed E-state index contributed by atoms with van der Waals surface area (Å²) in [6.45, 7) is 6.26. The number of hydrogen-bond donors (Lipinski definition) is 1. The third-order valence-corrected chi connectivity index (χ3v) is 4.57. The minimum atomic E-state index is 0.0729. The number of para-hydroxylation sites is 1. The number of amides is 1. The molecule has 1 aliphatic rings. The van der Waals surface area contributed by atoms with E-state index in [0.29, 0.717) is 19.7 Å². The Labute approximate surface area is 148 Å². The van der Waals surface area contributed by atoms with Gasteiger partial charge in [-0.25, -0.2) is 0 Å². The predicted octanol–water partition coefficient (Wildman–Crippen LogP) is 1.12. The van der Waals surface area contributed by atoms with Gasteiger partial charge in [-0.1, -0.05) is 24.3 Å². The zero-order valence-corrected chi connectivity index (χ0v) is 14.8. The van der Waals surface area contributed by atoms with E-state index in [1.165, 1.54) is 10.9 Å². The van der Waals surface area contributed by atoms with Crippen molar-refractivity contribution in [2.45, 2.75) is 6.54 Å². The van der Waals surface area contributed by atoms with E-state index in [2.05, 4.69) is 44.4 Å². The number of aromatic nitrogens is 1. The van der Waals surface area contributed by atoms with Gasteiger partial charge in [-0.2, -0.15) is 0 Å². The molecule has 0 unspecified atom stereocenters. The molecule has 0 atom stereocenters. The van der Waals surface area contributed by atoms with Crippen LogP contribution in [0.1, 0.15) is 5.56 Å². The SMILES string of the molecule is COCCNC(=O)CN1CCN(Cc2cccc3cccnc23)CC1. The number of hydrogen-bond acceptors (Lipinski definition) is 5. The van der Waals surface area contributed by atoms with Gasteiger partial charge in [-0.05, 0) is 11.6 Å². The van der Waals surface area contributed by atoms with Crippen LogP contribution in [-0.2, 0) is 16.1 Å². The van der Waals surface area contributed by atoms with Gasteiger partial charge in [0.25, 0.3) is 0 Å². The maximum atomic E-state index is 11.9. The lowest BCUT2D eigenvalue weighted by atomic mass is 10.1. The van der Waals surface area contributed by atoms with Crippen molar-refractivity contribution in [1.82, 2.24) is 20.1 Å². The van der Waals surface area contributed by atoms with Crippen LogP contribution in [0.25, 0.3) is 10.9 Å². The highest BCUT2D eigenvalue weighted by Gasteiger charge is 2.19. The average molecular weight is 342 g/mol. The summed E-state index contributed by atoms with van der Waals surface area (Å²) in [4.78, 5) is 21.1. The fourth-order valence-electron chi connectivity index (χ4n) is 3.19. The number of piperazine rings is 1. The number of ether oxygens (including phenoxy) is 1. The molecule has 134 valence electrons. The summed E-state index contributed by atoms with van der Waals surface area (Å²) in [5.41, 5.74) is 2.36. The van der Waals surface area contributed by atoms with E-state index in [0.717, 1.165) is 38.2 Å². The number of pyridine rings is 1. The van der Waals surface area contributed by atoms with Crippen LogP contribution in [0.5, 0.6) is 0 Å². The molecular weight excluding hydrogens is 316 g/mol. The number of nitrogens with one attached hydrogen (secondary N) is 1. The molecule has 6 heteroatoms. The molecule has 1 amide bonds. The van der Waals surface area contributed by atoms with Crippen LogP contribution in [0.15, 0.2) is 36.5 Å². The van der Waals surface area contributed by atoms with E-state index in [1.807, 2.05) is 12.3 Å². The van der Waals surface area contributed by atoms with Gasteiger partial charge in [-0.15, -0.1) is 0 Å². The van der Waals surface area contributed by atoms with Crippen molar-refractivity contribution in [3.63, 3.8) is 0 Å². The second-order valence-corrected chi connectivity index (χ2v) is 6.39. The zero-order chi connectivity index (χ0) is 17.5. The van der Waals surface area contributed by atoms with Gasteiger partial charge in [0.1, 0.15) is 0 Å². The lowest BCUT2D eigenvalue weighted by Crippen LogP contribution is -2.49. The second-order valence-electron chi connectivity index (χ2n) is 6.39. The maximum absolute atomic E-state index is 11.9. The Morgan fingerprint density at radius 1 is 1.16 bits per heavy atom. The third kappa shape index (κ3) is 4.98. The highest BCUT2D eigenvalue weighted by molar-refractivity contribution is 5.81. The van der Waals surface area contributed by atoms with E-state index in [-0.39, 0.29) is 5.91 Å². The van der Waals surface area contributed by atoms with Gasteiger partial charge in [0.05, 0.1) is 18.7 Å². The summed E-state index contributed by atoms with van der Waals surface area (Å²) in [5.74, 6) is 0.0729. The smallest absolute Gasteiger partial charge is 0.234 e. The largest absolute Gasteiger partial charge is 0.383 e. The van der Waals surface area contributed by atoms with Gasteiger partial charge in [-0.3, -0.25) is 19.6 Å². The molecule has 25 heavy (non-hydrogen) atoms. The second kappa shape index (κ2) is 8.89. The topological polar surface area (TPSA) is 57.7 Å². The molecule has 0 radical (unpaired) electrons. The van der Waals surface area contributed by atoms with E-state index in [9.17, 15) is 4.79 Å². The monoisotopic (exact) mass is 342 g/mol. The van der Waals surface area contributed by atoms with Gasteiger partial charge in [0, 0.05) is 58.0 Å².